The summed E-state index contributed by atoms with van der Waals surface area (Å²) < 4.78 is 49.9. The topological polar surface area (TPSA) is 243 Å². The summed E-state index contributed by atoms with van der Waals surface area (Å²) in [5, 5.41) is 16.8. The predicted octanol–water partition coefficient (Wildman–Crippen LogP) is 1.04. The monoisotopic (exact) mass is 748 g/mol. The molecule has 262 valence electrons. The Hall–Kier alpha value is -2.39. The van der Waals surface area contributed by atoms with E-state index in [-0.39, 0.29) is 42.5 Å². The molecule has 48 heavy (non-hydrogen) atoms. The number of hydrogen-bond donors (Lipinski definition) is 6. The molecule has 9 atom stereocenters. The molecule has 1 amide bonds. The molecule has 23 heteroatoms. The number of aromatic nitrogens is 6. The molecule has 1 aliphatic carbocycles. The number of fused-ring (bicyclic) bond motifs is 4. The molecule has 5 heterocycles. The Morgan fingerprint density at radius 1 is 1.25 bits per heavy atom. The van der Waals surface area contributed by atoms with Crippen LogP contribution in [0.2, 0.25) is 0 Å². The first-order valence-corrected chi connectivity index (χ1v) is 20.2. The molecular weight excluding hydrogens is 714 g/mol. The van der Waals surface area contributed by atoms with Gasteiger partial charge in [0, 0.05) is 31.0 Å². The summed E-state index contributed by atoms with van der Waals surface area (Å²) in [5.41, 5.74) is -0.798. The number of anilines is 1. The quantitative estimate of drug-likeness (QED) is 0.107. The minimum atomic E-state index is -4.22. The van der Waals surface area contributed by atoms with Crippen molar-refractivity contribution in [1.82, 2.24) is 34.8 Å². The van der Waals surface area contributed by atoms with Gasteiger partial charge in [0.15, 0.2) is 17.4 Å². The van der Waals surface area contributed by atoms with Crippen LogP contribution in [-0.4, -0.2) is 103 Å². The average Bonchev–Trinajstić information content (AvgIpc) is 3.70. The van der Waals surface area contributed by atoms with Crippen LogP contribution in [0.3, 0.4) is 0 Å². The number of amides is 1. The number of rotatable bonds is 8. The van der Waals surface area contributed by atoms with Crippen LogP contribution in [0.5, 0.6) is 5.88 Å². The van der Waals surface area contributed by atoms with Crippen molar-refractivity contribution in [2.75, 3.05) is 32.1 Å². The van der Waals surface area contributed by atoms with Gasteiger partial charge in [-0.05, 0) is 38.2 Å². The highest BCUT2D eigenvalue weighted by atomic mass is 32.7. The highest BCUT2D eigenvalue weighted by Gasteiger charge is 2.51. The maximum absolute atomic E-state index is 13.6. The lowest BCUT2D eigenvalue weighted by molar-refractivity contribution is -0.116. The van der Waals surface area contributed by atoms with E-state index in [2.05, 4.69) is 47.8 Å². The molecule has 19 nitrogen and oxygen atoms in total. The third-order valence-corrected chi connectivity index (χ3v) is 11.1. The fourth-order valence-corrected chi connectivity index (χ4v) is 8.70. The van der Waals surface area contributed by atoms with Crippen molar-refractivity contribution < 1.29 is 46.9 Å². The van der Waals surface area contributed by atoms with E-state index in [1.165, 1.54) is 23.4 Å². The molecular formula is C25H34N8O11P2S2. The Bertz CT molecular complexity index is 1770. The van der Waals surface area contributed by atoms with E-state index in [0.717, 1.165) is 0 Å². The molecule has 3 aliphatic rings. The number of aliphatic hydroxyl groups excluding tert-OH is 1. The van der Waals surface area contributed by atoms with Crippen LogP contribution in [0.25, 0.3) is 11.2 Å². The second-order valence-corrected chi connectivity index (χ2v) is 17.0. The van der Waals surface area contributed by atoms with Gasteiger partial charge in [-0.3, -0.25) is 29.0 Å². The second-order valence-electron chi connectivity index (χ2n) is 11.3. The molecule has 0 spiro atoms. The summed E-state index contributed by atoms with van der Waals surface area (Å²) >= 11 is 9.47. The number of nitrogens with one attached hydrogen (secondary N) is 3. The smallest absolute Gasteiger partial charge is 0.386 e. The largest absolute Gasteiger partial charge is 0.474 e. The summed E-state index contributed by atoms with van der Waals surface area (Å²) in [6.45, 7) is -8.18. The lowest BCUT2D eigenvalue weighted by atomic mass is 10.1. The number of H-pyrrole nitrogens is 1. The van der Waals surface area contributed by atoms with Gasteiger partial charge in [0.05, 0.1) is 25.6 Å². The molecule has 0 radical (unpaired) electrons. The maximum Gasteiger partial charge on any atom is 0.386 e. The first-order chi connectivity index (χ1) is 22.9. The number of aliphatic hydroxyl groups is 1. The fraction of sp³-hybridized carbons (Fsp3) is 0.600. The van der Waals surface area contributed by atoms with Crippen LogP contribution in [0, 0.1) is 5.92 Å². The van der Waals surface area contributed by atoms with Gasteiger partial charge in [-0.2, -0.15) is 4.98 Å². The van der Waals surface area contributed by atoms with Gasteiger partial charge in [-0.15, -0.1) is 0 Å². The minimum absolute atomic E-state index is 0.0354. The zero-order chi connectivity index (χ0) is 34.1. The molecule has 1 saturated carbocycles. The van der Waals surface area contributed by atoms with E-state index < -0.39 is 68.3 Å². The minimum Gasteiger partial charge on any atom is -0.474 e. The molecule has 3 fully saturated rings. The molecule has 3 aromatic rings. The lowest BCUT2D eigenvalue weighted by Gasteiger charge is -2.27. The summed E-state index contributed by atoms with van der Waals surface area (Å²) in [5.74, 6) is -0.660. The standard InChI is InChI=1S/C25H34N8O11P2S2/c1-26-5-2-3-17(34)30-25-31-22-19(23(36)32-25)29-12-33(22)24-21-20(35)16(42-24)10-40-45(37,47)43-15-8-14(41-18-4-6-27-11-28-18)7-13(15)9-39-46(38,48)44-21/h4,6,11-16,20-21,24,26,35H,2-3,5,7-10H2,1H3,(H,37,47)(H,38,48)(H2,30,31,32,34,36)/t13-,14-,15+,16-,20-,21-,24-,45?,46?/m1/s1. The number of thiol groups is 1. The Kier molecular flexibility index (Phi) is 11.0. The van der Waals surface area contributed by atoms with Crippen LogP contribution in [0.4, 0.5) is 5.95 Å². The molecule has 2 unspecified atom stereocenters. The second kappa shape index (κ2) is 14.8. The Morgan fingerprint density at radius 3 is 2.85 bits per heavy atom. The van der Waals surface area contributed by atoms with Crippen LogP contribution >= 0.6 is 25.8 Å². The summed E-state index contributed by atoms with van der Waals surface area (Å²) in [4.78, 5) is 55.1. The Balaban J connectivity index is 1.25. The summed E-state index contributed by atoms with van der Waals surface area (Å²) in [6.07, 6.45) is -1.12. The van der Waals surface area contributed by atoms with Crippen LogP contribution in [0.15, 0.2) is 29.7 Å². The molecule has 2 saturated heterocycles. The zero-order valence-electron chi connectivity index (χ0n) is 25.4. The number of nitrogens with zero attached hydrogens (tertiary/aromatic N) is 5. The highest BCUT2D eigenvalue weighted by molar-refractivity contribution is 8.44. The van der Waals surface area contributed by atoms with Gasteiger partial charge in [-0.1, -0.05) is 12.2 Å². The number of aromatic amines is 1. The van der Waals surface area contributed by atoms with E-state index in [1.807, 2.05) is 0 Å². The van der Waals surface area contributed by atoms with Gasteiger partial charge in [0.25, 0.3) is 5.56 Å². The van der Waals surface area contributed by atoms with E-state index >= 15 is 0 Å². The van der Waals surface area contributed by atoms with E-state index in [9.17, 15) is 24.2 Å². The number of imidazole rings is 1. The molecule has 2 aliphatic heterocycles. The van der Waals surface area contributed by atoms with Crippen LogP contribution in [0.1, 0.15) is 31.9 Å². The molecule has 2 bridgehead atoms. The van der Waals surface area contributed by atoms with E-state index in [4.69, 9.17) is 39.4 Å². The fourth-order valence-electron chi connectivity index (χ4n) is 5.69. The van der Waals surface area contributed by atoms with Gasteiger partial charge < -0.3 is 38.4 Å². The lowest BCUT2D eigenvalue weighted by Crippen LogP contribution is -2.35. The summed E-state index contributed by atoms with van der Waals surface area (Å²) in [6, 6.07) is 1.59. The highest BCUT2D eigenvalue weighted by Crippen LogP contribution is 2.58. The van der Waals surface area contributed by atoms with Gasteiger partial charge >= 0.3 is 13.5 Å². The Labute approximate surface area is 283 Å². The number of ether oxygens (including phenoxy) is 2. The normalized spacial score (nSPS) is 34.1. The third kappa shape index (κ3) is 8.31. The van der Waals surface area contributed by atoms with Crippen molar-refractivity contribution >= 4 is 60.6 Å². The molecule has 5 N–H and O–H groups in total. The Morgan fingerprint density at radius 2 is 2.08 bits per heavy atom. The molecule has 6 rings (SSSR count). The molecule has 0 aromatic carbocycles. The summed E-state index contributed by atoms with van der Waals surface area (Å²) in [7, 11) is 1.76. The third-order valence-electron chi connectivity index (χ3n) is 7.91. The van der Waals surface area contributed by atoms with Gasteiger partial charge in [0.1, 0.15) is 30.7 Å². The first kappa shape index (κ1) is 35.4. The van der Waals surface area contributed by atoms with Crippen molar-refractivity contribution in [2.24, 2.45) is 5.92 Å². The van der Waals surface area contributed by atoms with Crippen molar-refractivity contribution in [1.29, 1.82) is 0 Å². The van der Waals surface area contributed by atoms with E-state index in [1.54, 1.807) is 13.1 Å². The zero-order valence-corrected chi connectivity index (χ0v) is 28.9. The molecule has 3 aromatic heterocycles. The SMILES string of the molecule is CNCCCC(=O)Nc1nc2c(ncn2[C@@H]2O[C@@H]3COP(O)(=S)O[C@H]4C[C@H](Oc5ccncn5)C[C@@H]4COP(=O)(S)O[C@@H]2[C@@H]3O)c(=O)[nH]1. The number of carbonyl (C=O) groups excluding carboxylic acids is 1. The van der Waals surface area contributed by atoms with Crippen molar-refractivity contribution in [3.05, 3.63) is 35.3 Å². The first-order valence-electron chi connectivity index (χ1n) is 14.9. The average molecular weight is 749 g/mol. The van der Waals surface area contributed by atoms with Crippen molar-refractivity contribution in [3.63, 3.8) is 0 Å². The van der Waals surface area contributed by atoms with Crippen LogP contribution in [-0.2, 0) is 44.0 Å². The number of carbonyl (C=O) groups is 1. The number of hydrogen-bond acceptors (Lipinski definition) is 16. The maximum atomic E-state index is 13.6. The van der Waals surface area contributed by atoms with Gasteiger partial charge in [-0.25, -0.2) is 19.5 Å². The van der Waals surface area contributed by atoms with E-state index in [0.29, 0.717) is 25.3 Å². The van der Waals surface area contributed by atoms with Gasteiger partial charge in [0.2, 0.25) is 17.7 Å². The predicted molar refractivity (Wildman–Crippen MR) is 174 cm³/mol. The van der Waals surface area contributed by atoms with Crippen LogP contribution < -0.4 is 20.9 Å². The van der Waals surface area contributed by atoms with Crippen molar-refractivity contribution in [3.8, 4) is 5.88 Å². The van der Waals surface area contributed by atoms with Crippen molar-refractivity contribution in [2.45, 2.75) is 62.4 Å².